The maximum absolute atomic E-state index is 13.8. The summed E-state index contributed by atoms with van der Waals surface area (Å²) in [6, 6.07) is 21.1. The zero-order valence-electron chi connectivity index (χ0n) is 20.5. The minimum atomic E-state index is -4.11. The molecule has 1 atom stereocenters. The molecule has 2 amide bonds. The SMILES string of the molecule is CC[C@@H](C(=O)NC)N(Cc1ccc(C)cc1)C(=O)CN(c1ccccc1)S(=O)(=O)c1ccc(Cl)cc1. The van der Waals surface area contributed by atoms with Crippen molar-refractivity contribution in [2.75, 3.05) is 17.9 Å². The summed E-state index contributed by atoms with van der Waals surface area (Å²) in [5.41, 5.74) is 2.24. The number of aryl methyl sites for hydroxylation is 1. The lowest BCUT2D eigenvalue weighted by molar-refractivity contribution is -0.140. The summed E-state index contributed by atoms with van der Waals surface area (Å²) in [5.74, 6) is -0.808. The van der Waals surface area contributed by atoms with Gasteiger partial charge in [-0.05, 0) is 55.3 Å². The summed E-state index contributed by atoms with van der Waals surface area (Å²) >= 11 is 5.96. The molecule has 3 aromatic carbocycles. The van der Waals surface area contributed by atoms with Crippen molar-refractivity contribution in [2.45, 2.75) is 37.8 Å². The normalized spacial score (nSPS) is 12.0. The number of para-hydroxylation sites is 1. The van der Waals surface area contributed by atoms with Gasteiger partial charge in [-0.1, -0.05) is 66.6 Å². The largest absolute Gasteiger partial charge is 0.357 e. The molecule has 0 aliphatic heterocycles. The smallest absolute Gasteiger partial charge is 0.264 e. The average Bonchev–Trinajstić information content (AvgIpc) is 2.88. The fraction of sp³-hybridized carbons (Fsp3) is 0.259. The van der Waals surface area contributed by atoms with Crippen LogP contribution in [0.15, 0.2) is 83.8 Å². The molecule has 0 heterocycles. The molecule has 7 nitrogen and oxygen atoms in total. The first-order valence-corrected chi connectivity index (χ1v) is 13.4. The third kappa shape index (κ3) is 6.44. The van der Waals surface area contributed by atoms with Crippen LogP contribution >= 0.6 is 11.6 Å². The van der Waals surface area contributed by atoms with Crippen LogP contribution in [0.1, 0.15) is 24.5 Å². The van der Waals surface area contributed by atoms with E-state index in [0.29, 0.717) is 17.1 Å². The first-order valence-electron chi connectivity index (χ1n) is 11.6. The molecule has 0 saturated carbocycles. The number of hydrogen-bond acceptors (Lipinski definition) is 4. The number of nitrogens with one attached hydrogen (secondary N) is 1. The number of carbonyl (C=O) groups excluding carboxylic acids is 2. The van der Waals surface area contributed by atoms with Crippen LogP contribution in [0.25, 0.3) is 0 Å². The average molecular weight is 528 g/mol. The number of amides is 2. The summed E-state index contributed by atoms with van der Waals surface area (Å²) in [7, 11) is -2.59. The molecule has 1 N–H and O–H groups in total. The summed E-state index contributed by atoms with van der Waals surface area (Å²) in [5, 5.41) is 3.02. The number of hydrogen-bond donors (Lipinski definition) is 1. The van der Waals surface area contributed by atoms with Crippen molar-refractivity contribution in [3.8, 4) is 0 Å². The molecular formula is C27H30ClN3O4S. The molecule has 9 heteroatoms. The Kier molecular flexibility index (Phi) is 9.12. The fourth-order valence-corrected chi connectivity index (χ4v) is 5.37. The fourth-order valence-electron chi connectivity index (χ4n) is 3.83. The van der Waals surface area contributed by atoms with Crippen molar-refractivity contribution in [3.63, 3.8) is 0 Å². The van der Waals surface area contributed by atoms with Gasteiger partial charge in [0.2, 0.25) is 11.8 Å². The van der Waals surface area contributed by atoms with Crippen molar-refractivity contribution < 1.29 is 18.0 Å². The summed E-state index contributed by atoms with van der Waals surface area (Å²) < 4.78 is 28.4. The van der Waals surface area contributed by atoms with E-state index in [0.717, 1.165) is 15.4 Å². The Hall–Kier alpha value is -3.36. The van der Waals surface area contributed by atoms with Crippen molar-refractivity contribution in [3.05, 3.63) is 95.0 Å². The summed E-state index contributed by atoms with van der Waals surface area (Å²) in [6.07, 6.45) is 0.368. The van der Waals surface area contributed by atoms with E-state index in [1.165, 1.54) is 36.2 Å². The number of rotatable bonds is 10. The summed E-state index contributed by atoms with van der Waals surface area (Å²) in [4.78, 5) is 27.9. The lowest BCUT2D eigenvalue weighted by Crippen LogP contribution is -2.51. The van der Waals surface area contributed by atoms with Crippen LogP contribution in [-0.2, 0) is 26.2 Å². The van der Waals surface area contributed by atoms with Gasteiger partial charge in [0.05, 0.1) is 10.6 Å². The zero-order chi connectivity index (χ0) is 26.3. The van der Waals surface area contributed by atoms with Gasteiger partial charge in [-0.3, -0.25) is 13.9 Å². The molecule has 0 aromatic heterocycles. The molecule has 0 spiro atoms. The predicted molar refractivity (Wildman–Crippen MR) is 142 cm³/mol. The maximum Gasteiger partial charge on any atom is 0.264 e. The second kappa shape index (κ2) is 12.1. The first kappa shape index (κ1) is 27.2. The molecule has 36 heavy (non-hydrogen) atoms. The third-order valence-electron chi connectivity index (χ3n) is 5.83. The minimum Gasteiger partial charge on any atom is -0.357 e. The molecule has 0 aliphatic rings. The summed E-state index contributed by atoms with van der Waals surface area (Å²) in [6.45, 7) is 3.46. The van der Waals surface area contributed by atoms with Crippen LogP contribution in [0, 0.1) is 6.92 Å². The topological polar surface area (TPSA) is 86.8 Å². The third-order valence-corrected chi connectivity index (χ3v) is 7.87. The Balaban J connectivity index is 2.02. The van der Waals surface area contributed by atoms with Crippen molar-refractivity contribution in [1.82, 2.24) is 10.2 Å². The van der Waals surface area contributed by atoms with E-state index in [2.05, 4.69) is 5.32 Å². The Labute approximate surface area is 217 Å². The van der Waals surface area contributed by atoms with Gasteiger partial charge in [-0.25, -0.2) is 8.42 Å². The van der Waals surface area contributed by atoms with Gasteiger partial charge in [-0.2, -0.15) is 0 Å². The van der Waals surface area contributed by atoms with E-state index < -0.39 is 28.5 Å². The second-order valence-electron chi connectivity index (χ2n) is 8.35. The van der Waals surface area contributed by atoms with E-state index in [1.807, 2.05) is 38.1 Å². The maximum atomic E-state index is 13.8. The van der Waals surface area contributed by atoms with E-state index >= 15 is 0 Å². The molecule has 0 fully saturated rings. The number of anilines is 1. The van der Waals surface area contributed by atoms with Gasteiger partial charge in [0.15, 0.2) is 0 Å². The Morgan fingerprint density at radius 1 is 0.944 bits per heavy atom. The number of nitrogens with zero attached hydrogens (tertiary/aromatic N) is 2. The molecular weight excluding hydrogens is 498 g/mol. The van der Waals surface area contributed by atoms with Crippen molar-refractivity contribution in [2.24, 2.45) is 0 Å². The van der Waals surface area contributed by atoms with Gasteiger partial charge in [0.1, 0.15) is 12.6 Å². The van der Waals surface area contributed by atoms with Crippen LogP contribution in [0.3, 0.4) is 0 Å². The molecule has 0 saturated heterocycles. The van der Waals surface area contributed by atoms with Crippen LogP contribution in [0.2, 0.25) is 5.02 Å². The molecule has 3 aromatic rings. The number of halogens is 1. The molecule has 0 bridgehead atoms. The molecule has 0 radical (unpaired) electrons. The standard InChI is InChI=1S/C27H30ClN3O4S/c1-4-25(27(33)29-3)30(18-21-12-10-20(2)11-13-21)26(32)19-31(23-8-6-5-7-9-23)36(34,35)24-16-14-22(28)15-17-24/h5-17,25H,4,18-19H2,1-3H3,(H,29,33)/t25-/m0/s1. The Morgan fingerprint density at radius 3 is 2.11 bits per heavy atom. The second-order valence-corrected chi connectivity index (χ2v) is 10.6. The number of benzene rings is 3. The lowest BCUT2D eigenvalue weighted by Gasteiger charge is -2.33. The van der Waals surface area contributed by atoms with Gasteiger partial charge >= 0.3 is 0 Å². The van der Waals surface area contributed by atoms with Crippen LogP contribution in [0.5, 0.6) is 0 Å². The van der Waals surface area contributed by atoms with Crippen LogP contribution in [0.4, 0.5) is 5.69 Å². The van der Waals surface area contributed by atoms with Crippen LogP contribution < -0.4 is 9.62 Å². The Morgan fingerprint density at radius 2 is 1.56 bits per heavy atom. The quantitative estimate of drug-likeness (QED) is 0.423. The predicted octanol–water partition coefficient (Wildman–Crippen LogP) is 4.40. The van der Waals surface area contributed by atoms with Gasteiger partial charge in [-0.15, -0.1) is 0 Å². The van der Waals surface area contributed by atoms with Gasteiger partial charge < -0.3 is 10.2 Å². The van der Waals surface area contributed by atoms with Gasteiger partial charge in [0.25, 0.3) is 10.0 Å². The molecule has 3 rings (SSSR count). The molecule has 0 unspecified atom stereocenters. The lowest BCUT2D eigenvalue weighted by atomic mass is 10.1. The van der Waals surface area contributed by atoms with Crippen LogP contribution in [-0.4, -0.2) is 44.8 Å². The first-order chi connectivity index (χ1) is 17.2. The molecule has 190 valence electrons. The number of sulfonamides is 1. The van der Waals surface area contributed by atoms with E-state index in [4.69, 9.17) is 11.6 Å². The van der Waals surface area contributed by atoms with E-state index in [-0.39, 0.29) is 17.3 Å². The highest BCUT2D eigenvalue weighted by atomic mass is 35.5. The van der Waals surface area contributed by atoms with E-state index in [1.54, 1.807) is 30.3 Å². The molecule has 0 aliphatic carbocycles. The highest BCUT2D eigenvalue weighted by Crippen LogP contribution is 2.25. The zero-order valence-corrected chi connectivity index (χ0v) is 22.1. The highest BCUT2D eigenvalue weighted by Gasteiger charge is 2.33. The highest BCUT2D eigenvalue weighted by molar-refractivity contribution is 7.92. The van der Waals surface area contributed by atoms with E-state index in [9.17, 15) is 18.0 Å². The monoisotopic (exact) mass is 527 g/mol. The minimum absolute atomic E-state index is 0.00646. The number of carbonyl (C=O) groups is 2. The Bertz CT molecular complexity index is 1280. The van der Waals surface area contributed by atoms with Crippen molar-refractivity contribution in [1.29, 1.82) is 0 Å². The van der Waals surface area contributed by atoms with Crippen molar-refractivity contribution >= 4 is 39.1 Å². The van der Waals surface area contributed by atoms with Gasteiger partial charge in [0, 0.05) is 18.6 Å². The number of likely N-dealkylation sites (N-methyl/N-ethyl adjacent to an activating group) is 1.